The van der Waals surface area contributed by atoms with Gasteiger partial charge < -0.3 is 4.90 Å². The molecular formula is C20H31NO. The maximum absolute atomic E-state index is 13.6. The van der Waals surface area contributed by atoms with Crippen LogP contribution in [0.4, 0.5) is 0 Å². The minimum atomic E-state index is 0.0882. The number of carbonyl (C=O) groups excluding carboxylic acids is 1. The van der Waals surface area contributed by atoms with Gasteiger partial charge in [0.1, 0.15) is 0 Å². The zero-order chi connectivity index (χ0) is 15.3. The summed E-state index contributed by atoms with van der Waals surface area (Å²) in [4.78, 5) is 15.9. The van der Waals surface area contributed by atoms with E-state index in [1.165, 1.54) is 44.9 Å². The summed E-state index contributed by atoms with van der Waals surface area (Å²) in [6.45, 7) is 9.43. The first-order valence-electron chi connectivity index (χ1n) is 9.63. The van der Waals surface area contributed by atoms with Crippen LogP contribution in [0, 0.1) is 39.9 Å². The molecular weight excluding hydrogens is 270 g/mol. The molecule has 1 amide bonds. The van der Waals surface area contributed by atoms with E-state index in [0.29, 0.717) is 16.7 Å². The second kappa shape index (κ2) is 3.92. The highest BCUT2D eigenvalue weighted by molar-refractivity contribution is 5.84. The summed E-state index contributed by atoms with van der Waals surface area (Å²) in [7, 11) is 0. The SMILES string of the molecule is CC1(C)C2CC[C@]1(C)CN(C(=O)C13CC4CC(CC1C4)C3)C2. The molecule has 6 fully saturated rings. The van der Waals surface area contributed by atoms with Crippen LogP contribution < -0.4 is 0 Å². The van der Waals surface area contributed by atoms with E-state index in [9.17, 15) is 4.79 Å². The fourth-order valence-electron chi connectivity index (χ4n) is 7.64. The molecule has 6 bridgehead atoms. The molecule has 4 atom stereocenters. The topological polar surface area (TPSA) is 20.3 Å². The fraction of sp³-hybridized carbons (Fsp3) is 0.950. The van der Waals surface area contributed by atoms with Gasteiger partial charge in [-0.1, -0.05) is 20.8 Å². The Balaban J connectivity index is 1.44. The van der Waals surface area contributed by atoms with Crippen molar-refractivity contribution in [3.63, 3.8) is 0 Å². The van der Waals surface area contributed by atoms with Gasteiger partial charge in [-0.15, -0.1) is 0 Å². The Morgan fingerprint density at radius 3 is 2.32 bits per heavy atom. The van der Waals surface area contributed by atoms with E-state index in [1.807, 2.05) is 0 Å². The van der Waals surface area contributed by atoms with Crippen LogP contribution in [0.2, 0.25) is 0 Å². The standard InChI is InChI=1S/C20H31NO/c1-18(2)15-4-5-19(18,3)12-21(11-15)17(22)20-9-13-6-14(10-20)8-16(20)7-13/h13-16H,4-12H2,1-3H3/t13?,14?,15?,16?,19-,20?/m1/s1. The Labute approximate surface area is 135 Å². The number of nitrogens with zero attached hydrogens (tertiary/aromatic N) is 1. The number of likely N-dealkylation sites (tertiary alicyclic amines) is 1. The molecule has 5 aliphatic carbocycles. The highest BCUT2D eigenvalue weighted by Crippen LogP contribution is 2.67. The van der Waals surface area contributed by atoms with Gasteiger partial charge in [0.2, 0.25) is 5.91 Å². The summed E-state index contributed by atoms with van der Waals surface area (Å²) in [5.41, 5.74) is 0.844. The van der Waals surface area contributed by atoms with Crippen molar-refractivity contribution in [2.24, 2.45) is 39.9 Å². The number of fused-ring (bicyclic) bond motifs is 2. The predicted octanol–water partition coefficient (Wildman–Crippen LogP) is 4.10. The molecule has 1 saturated heterocycles. The Morgan fingerprint density at radius 2 is 1.68 bits per heavy atom. The minimum absolute atomic E-state index is 0.0882. The molecule has 0 radical (unpaired) electrons. The van der Waals surface area contributed by atoms with E-state index in [2.05, 4.69) is 25.7 Å². The van der Waals surface area contributed by atoms with Gasteiger partial charge in [-0.05, 0) is 79.4 Å². The Bertz CT molecular complexity index is 524. The third-order valence-electron chi connectivity index (χ3n) is 9.30. The van der Waals surface area contributed by atoms with Gasteiger partial charge in [-0.25, -0.2) is 0 Å². The number of carbonyl (C=O) groups is 1. The van der Waals surface area contributed by atoms with Crippen molar-refractivity contribution in [2.75, 3.05) is 13.1 Å². The first-order valence-corrected chi connectivity index (χ1v) is 9.63. The molecule has 0 N–H and O–H groups in total. The average molecular weight is 301 g/mol. The number of hydrogen-bond acceptors (Lipinski definition) is 1. The van der Waals surface area contributed by atoms with Crippen molar-refractivity contribution in [3.05, 3.63) is 0 Å². The van der Waals surface area contributed by atoms with Gasteiger partial charge in [0, 0.05) is 13.1 Å². The summed E-state index contributed by atoms with van der Waals surface area (Å²) in [6, 6.07) is 0. The summed E-state index contributed by atoms with van der Waals surface area (Å²) >= 11 is 0. The van der Waals surface area contributed by atoms with Crippen molar-refractivity contribution < 1.29 is 4.79 Å². The molecule has 122 valence electrons. The lowest BCUT2D eigenvalue weighted by molar-refractivity contribution is -0.152. The third-order valence-corrected chi connectivity index (χ3v) is 9.30. The lowest BCUT2D eigenvalue weighted by Gasteiger charge is -2.52. The van der Waals surface area contributed by atoms with Crippen LogP contribution in [0.3, 0.4) is 0 Å². The van der Waals surface area contributed by atoms with Gasteiger partial charge in [0.25, 0.3) is 0 Å². The van der Waals surface area contributed by atoms with E-state index in [4.69, 9.17) is 0 Å². The van der Waals surface area contributed by atoms with Crippen LogP contribution >= 0.6 is 0 Å². The van der Waals surface area contributed by atoms with E-state index in [1.54, 1.807) is 0 Å². The molecule has 0 aromatic heterocycles. The second-order valence-corrected chi connectivity index (χ2v) is 10.4. The monoisotopic (exact) mass is 301 g/mol. The van der Waals surface area contributed by atoms with Gasteiger partial charge >= 0.3 is 0 Å². The van der Waals surface area contributed by atoms with Crippen molar-refractivity contribution in [1.29, 1.82) is 0 Å². The number of amides is 1. The molecule has 6 rings (SSSR count). The van der Waals surface area contributed by atoms with Crippen LogP contribution in [-0.2, 0) is 4.79 Å². The second-order valence-electron chi connectivity index (χ2n) is 10.4. The van der Waals surface area contributed by atoms with Crippen LogP contribution in [0.1, 0.15) is 65.7 Å². The third kappa shape index (κ3) is 1.46. The van der Waals surface area contributed by atoms with Crippen LogP contribution in [-0.4, -0.2) is 23.9 Å². The van der Waals surface area contributed by atoms with Gasteiger partial charge in [-0.2, -0.15) is 0 Å². The Morgan fingerprint density at radius 1 is 1.00 bits per heavy atom. The van der Waals surface area contributed by atoms with Crippen molar-refractivity contribution in [1.82, 2.24) is 4.90 Å². The zero-order valence-corrected chi connectivity index (χ0v) is 14.5. The van der Waals surface area contributed by atoms with Gasteiger partial charge in [0.15, 0.2) is 0 Å². The lowest BCUT2D eigenvalue weighted by atomic mass is 9.62. The number of hydrogen-bond donors (Lipinski definition) is 0. The van der Waals surface area contributed by atoms with Crippen molar-refractivity contribution in [3.8, 4) is 0 Å². The van der Waals surface area contributed by atoms with E-state index in [-0.39, 0.29) is 5.41 Å². The molecule has 3 unspecified atom stereocenters. The summed E-state index contributed by atoms with van der Waals surface area (Å²) in [6.07, 6.45) is 9.26. The highest BCUT2D eigenvalue weighted by atomic mass is 16.2. The van der Waals surface area contributed by atoms with Crippen LogP contribution in [0.5, 0.6) is 0 Å². The molecule has 0 spiro atoms. The Hall–Kier alpha value is -0.530. The highest BCUT2D eigenvalue weighted by Gasteiger charge is 2.64. The van der Waals surface area contributed by atoms with Crippen molar-refractivity contribution >= 4 is 5.91 Å². The summed E-state index contributed by atoms with van der Waals surface area (Å²) < 4.78 is 0. The predicted molar refractivity (Wildman–Crippen MR) is 87.2 cm³/mol. The zero-order valence-electron chi connectivity index (χ0n) is 14.5. The van der Waals surface area contributed by atoms with Crippen LogP contribution in [0.25, 0.3) is 0 Å². The number of piperidine rings is 1. The summed E-state index contributed by atoms with van der Waals surface area (Å²) in [5, 5.41) is 0. The number of rotatable bonds is 1. The quantitative estimate of drug-likeness (QED) is 0.714. The molecule has 1 aliphatic heterocycles. The van der Waals surface area contributed by atoms with E-state index in [0.717, 1.165) is 36.8 Å². The minimum Gasteiger partial charge on any atom is -0.341 e. The molecule has 0 aromatic carbocycles. The molecule has 22 heavy (non-hydrogen) atoms. The molecule has 5 saturated carbocycles. The van der Waals surface area contributed by atoms with Crippen molar-refractivity contribution in [2.45, 2.75) is 65.7 Å². The molecule has 2 nitrogen and oxygen atoms in total. The largest absolute Gasteiger partial charge is 0.341 e. The van der Waals surface area contributed by atoms with Gasteiger partial charge in [-0.3, -0.25) is 4.79 Å². The fourth-order valence-corrected chi connectivity index (χ4v) is 7.64. The average Bonchev–Trinajstić information content (AvgIpc) is 2.86. The van der Waals surface area contributed by atoms with E-state index >= 15 is 0 Å². The molecule has 1 heterocycles. The lowest BCUT2D eigenvalue weighted by Crippen LogP contribution is -2.57. The molecule has 0 aromatic rings. The first-order chi connectivity index (χ1) is 10.3. The van der Waals surface area contributed by atoms with E-state index < -0.39 is 0 Å². The smallest absolute Gasteiger partial charge is 0.229 e. The maximum Gasteiger partial charge on any atom is 0.229 e. The first kappa shape index (κ1) is 13.9. The van der Waals surface area contributed by atoms with Gasteiger partial charge in [0.05, 0.1) is 5.41 Å². The Kier molecular flexibility index (Phi) is 2.47. The summed E-state index contributed by atoms with van der Waals surface area (Å²) in [5.74, 6) is 3.81. The van der Waals surface area contributed by atoms with Crippen LogP contribution in [0.15, 0.2) is 0 Å². The normalized spacial score (nSPS) is 54.2. The molecule has 2 heteroatoms. The maximum atomic E-state index is 13.6. The molecule has 6 aliphatic rings.